The quantitative estimate of drug-likeness (QED) is 0.288. The van der Waals surface area contributed by atoms with E-state index in [-0.39, 0.29) is 5.92 Å². The molecule has 0 aliphatic heterocycles. The fourth-order valence-electron chi connectivity index (χ4n) is 6.38. The first-order chi connectivity index (χ1) is 17.8. The van der Waals surface area contributed by atoms with Crippen LogP contribution in [0.25, 0.3) is 0 Å². The predicted molar refractivity (Wildman–Crippen MR) is 145 cm³/mol. The van der Waals surface area contributed by atoms with Gasteiger partial charge in [0, 0.05) is 0 Å². The Morgan fingerprint density at radius 3 is 2.11 bits per heavy atom. The highest BCUT2D eigenvalue weighted by Crippen LogP contribution is 2.41. The molecule has 2 aromatic rings. The van der Waals surface area contributed by atoms with Gasteiger partial charge in [0.05, 0.1) is 11.7 Å². The van der Waals surface area contributed by atoms with E-state index < -0.39 is 23.6 Å². The third-order valence-corrected chi connectivity index (χ3v) is 8.90. The number of hydrogen-bond acceptors (Lipinski definition) is 1. The molecule has 4 heteroatoms. The SMILES string of the molecule is C=CC1CCC(c2ccc(C(F)(F)OC(C)c3ccc(C4CCC(CCCC)CC4)cc3)c(F)c2)CC1. The fraction of sp³-hybridized carbons (Fsp3) is 0.576. The van der Waals surface area contributed by atoms with E-state index in [0.29, 0.717) is 17.4 Å². The summed E-state index contributed by atoms with van der Waals surface area (Å²) in [5, 5.41) is 0. The molecule has 0 spiro atoms. The second-order valence-electron chi connectivity index (χ2n) is 11.4. The van der Waals surface area contributed by atoms with Crippen molar-refractivity contribution in [2.45, 2.75) is 109 Å². The Kier molecular flexibility index (Phi) is 9.56. The molecule has 0 heterocycles. The average molecular weight is 513 g/mol. The number of ether oxygens (including phenoxy) is 1. The van der Waals surface area contributed by atoms with Gasteiger partial charge in [-0.1, -0.05) is 62.6 Å². The molecule has 0 aromatic heterocycles. The highest BCUT2D eigenvalue weighted by atomic mass is 19.3. The van der Waals surface area contributed by atoms with Gasteiger partial charge >= 0.3 is 6.11 Å². The lowest BCUT2D eigenvalue weighted by Gasteiger charge is -2.29. The Morgan fingerprint density at radius 1 is 0.919 bits per heavy atom. The molecule has 2 fully saturated rings. The van der Waals surface area contributed by atoms with E-state index in [1.54, 1.807) is 13.0 Å². The maximum absolute atomic E-state index is 15.0. The van der Waals surface area contributed by atoms with Crippen molar-refractivity contribution in [1.82, 2.24) is 0 Å². The largest absolute Gasteiger partial charge is 0.386 e. The minimum atomic E-state index is -3.71. The first-order valence-corrected chi connectivity index (χ1v) is 14.4. The molecule has 0 saturated heterocycles. The van der Waals surface area contributed by atoms with E-state index in [1.165, 1.54) is 62.6 Å². The van der Waals surface area contributed by atoms with Crippen molar-refractivity contribution in [3.8, 4) is 0 Å². The topological polar surface area (TPSA) is 9.23 Å². The van der Waals surface area contributed by atoms with Crippen LogP contribution in [0.15, 0.2) is 55.1 Å². The van der Waals surface area contributed by atoms with Crippen molar-refractivity contribution in [3.63, 3.8) is 0 Å². The minimum absolute atomic E-state index is 0.207. The van der Waals surface area contributed by atoms with Crippen LogP contribution in [0.1, 0.15) is 125 Å². The van der Waals surface area contributed by atoms with Gasteiger partial charge in [0.15, 0.2) is 0 Å². The van der Waals surface area contributed by atoms with Crippen LogP contribution >= 0.6 is 0 Å². The smallest absolute Gasteiger partial charge is 0.309 e. The second kappa shape index (κ2) is 12.7. The zero-order chi connectivity index (χ0) is 26.4. The molecule has 2 saturated carbocycles. The summed E-state index contributed by atoms with van der Waals surface area (Å²) in [6.07, 6.45) is 10.1. The summed E-state index contributed by atoms with van der Waals surface area (Å²) in [5.74, 6) is 1.21. The van der Waals surface area contributed by atoms with E-state index in [2.05, 4.69) is 25.6 Å². The van der Waals surface area contributed by atoms with Crippen LogP contribution in [0, 0.1) is 17.7 Å². The molecule has 2 aliphatic rings. The van der Waals surface area contributed by atoms with Crippen molar-refractivity contribution < 1.29 is 17.9 Å². The molecular weight excluding hydrogens is 469 g/mol. The summed E-state index contributed by atoms with van der Waals surface area (Å²) in [7, 11) is 0. The summed E-state index contributed by atoms with van der Waals surface area (Å²) < 4.78 is 50.1. The molecule has 202 valence electrons. The molecule has 0 radical (unpaired) electrons. The van der Waals surface area contributed by atoms with Gasteiger partial charge in [-0.15, -0.1) is 6.58 Å². The van der Waals surface area contributed by atoms with Gasteiger partial charge in [0.1, 0.15) is 5.82 Å². The minimum Gasteiger partial charge on any atom is -0.309 e. The summed E-state index contributed by atoms with van der Waals surface area (Å²) in [4.78, 5) is 0. The van der Waals surface area contributed by atoms with E-state index in [0.717, 1.165) is 37.2 Å². The summed E-state index contributed by atoms with van der Waals surface area (Å²) in [5.41, 5.74) is 2.05. The van der Waals surface area contributed by atoms with Crippen LogP contribution in [0.4, 0.5) is 13.2 Å². The maximum Gasteiger partial charge on any atom is 0.386 e. The molecule has 1 unspecified atom stereocenters. The van der Waals surface area contributed by atoms with E-state index in [4.69, 9.17) is 4.74 Å². The molecule has 0 bridgehead atoms. The fourth-order valence-corrected chi connectivity index (χ4v) is 6.38. The van der Waals surface area contributed by atoms with Crippen LogP contribution < -0.4 is 0 Å². The van der Waals surface area contributed by atoms with Crippen molar-refractivity contribution in [3.05, 3.63) is 83.2 Å². The number of allylic oxidation sites excluding steroid dienone is 1. The zero-order valence-corrected chi connectivity index (χ0v) is 22.5. The van der Waals surface area contributed by atoms with Gasteiger partial charge in [-0.2, -0.15) is 8.78 Å². The van der Waals surface area contributed by atoms with Gasteiger partial charge in [-0.3, -0.25) is 0 Å². The number of hydrogen-bond donors (Lipinski definition) is 0. The lowest BCUT2D eigenvalue weighted by molar-refractivity contribution is -0.273. The standard InChI is InChI=1S/C33H43F3O/c1-4-6-7-25-10-14-27(15-11-25)28-18-16-26(17-19-28)23(3)37-33(35,36)31-21-20-30(22-32(31)34)29-12-8-24(5-2)9-13-29/h5,16-25,27,29H,2,4,6-15H2,1,3H3. The zero-order valence-electron chi connectivity index (χ0n) is 22.5. The number of halogens is 3. The molecule has 0 amide bonds. The van der Waals surface area contributed by atoms with Crippen LogP contribution in [-0.4, -0.2) is 0 Å². The van der Waals surface area contributed by atoms with Crippen LogP contribution in [0.5, 0.6) is 0 Å². The normalized spacial score (nSPS) is 25.5. The van der Waals surface area contributed by atoms with Crippen molar-refractivity contribution in [2.24, 2.45) is 11.8 Å². The highest BCUT2D eigenvalue weighted by molar-refractivity contribution is 5.30. The van der Waals surface area contributed by atoms with Crippen LogP contribution in [0.2, 0.25) is 0 Å². The number of rotatable bonds is 10. The molecule has 0 N–H and O–H groups in total. The lowest BCUT2D eigenvalue weighted by Crippen LogP contribution is -2.22. The van der Waals surface area contributed by atoms with Crippen molar-refractivity contribution >= 4 is 0 Å². The van der Waals surface area contributed by atoms with Crippen molar-refractivity contribution in [1.29, 1.82) is 0 Å². The number of benzene rings is 2. The lowest BCUT2D eigenvalue weighted by atomic mass is 9.77. The highest BCUT2D eigenvalue weighted by Gasteiger charge is 2.38. The third kappa shape index (κ3) is 7.07. The molecule has 1 nitrogen and oxygen atoms in total. The van der Waals surface area contributed by atoms with Crippen LogP contribution in [-0.2, 0) is 10.8 Å². The molecule has 2 aromatic carbocycles. The van der Waals surface area contributed by atoms with Gasteiger partial charge in [0.25, 0.3) is 0 Å². The number of alkyl halides is 2. The summed E-state index contributed by atoms with van der Waals surface area (Å²) in [6, 6.07) is 12.0. The average Bonchev–Trinajstić information content (AvgIpc) is 2.92. The van der Waals surface area contributed by atoms with E-state index >= 15 is 8.78 Å². The Morgan fingerprint density at radius 2 is 1.51 bits per heavy atom. The second-order valence-corrected chi connectivity index (χ2v) is 11.4. The van der Waals surface area contributed by atoms with Gasteiger partial charge in [0.2, 0.25) is 0 Å². The Balaban J connectivity index is 1.35. The monoisotopic (exact) mass is 512 g/mol. The summed E-state index contributed by atoms with van der Waals surface area (Å²) in [6.45, 7) is 7.71. The first-order valence-electron chi connectivity index (χ1n) is 14.4. The Hall–Kier alpha value is -2.07. The molecular formula is C33H43F3O. The van der Waals surface area contributed by atoms with E-state index in [9.17, 15) is 4.39 Å². The predicted octanol–water partition coefficient (Wildman–Crippen LogP) is 10.6. The molecule has 37 heavy (non-hydrogen) atoms. The summed E-state index contributed by atoms with van der Waals surface area (Å²) >= 11 is 0. The van der Waals surface area contributed by atoms with Crippen LogP contribution in [0.3, 0.4) is 0 Å². The van der Waals surface area contributed by atoms with E-state index in [1.807, 2.05) is 18.2 Å². The first kappa shape index (κ1) is 28.0. The number of unbranched alkanes of at least 4 members (excludes halogenated alkanes) is 1. The van der Waals surface area contributed by atoms with Gasteiger partial charge in [-0.05, 0) is 111 Å². The molecule has 1 atom stereocenters. The van der Waals surface area contributed by atoms with Crippen molar-refractivity contribution in [2.75, 3.05) is 0 Å². The molecule has 2 aliphatic carbocycles. The Bertz CT molecular complexity index is 999. The molecule has 4 rings (SSSR count). The van der Waals surface area contributed by atoms with Gasteiger partial charge in [-0.25, -0.2) is 4.39 Å². The van der Waals surface area contributed by atoms with Gasteiger partial charge < -0.3 is 4.74 Å². The third-order valence-electron chi connectivity index (χ3n) is 8.90. The Labute approximate surface area is 221 Å². The maximum atomic E-state index is 15.0.